The number of rotatable bonds is 12. The first-order chi connectivity index (χ1) is 18.7. The molecule has 0 saturated carbocycles. The molecule has 0 bridgehead atoms. The Morgan fingerprint density at radius 3 is 2.59 bits per heavy atom. The Labute approximate surface area is 231 Å². The number of aliphatic hydroxyl groups is 1. The first-order valence-electron chi connectivity index (χ1n) is 13.6. The second kappa shape index (κ2) is 12.9. The van der Waals surface area contributed by atoms with Gasteiger partial charge in [-0.15, -0.1) is 5.10 Å². The van der Waals surface area contributed by atoms with Crippen molar-refractivity contribution in [2.75, 3.05) is 19.0 Å². The lowest BCUT2D eigenvalue weighted by molar-refractivity contribution is 0.0245. The van der Waals surface area contributed by atoms with Gasteiger partial charge in [-0.1, -0.05) is 24.3 Å². The van der Waals surface area contributed by atoms with Gasteiger partial charge in [0.2, 0.25) is 0 Å². The molecule has 39 heavy (non-hydrogen) atoms. The number of aryl methyl sites for hydroxylation is 2. The van der Waals surface area contributed by atoms with Gasteiger partial charge in [0.1, 0.15) is 5.75 Å². The van der Waals surface area contributed by atoms with Gasteiger partial charge in [-0.05, 0) is 80.2 Å². The number of methoxy groups -OCH3 is 1. The molecule has 0 aliphatic carbocycles. The summed E-state index contributed by atoms with van der Waals surface area (Å²) in [6, 6.07) is 14.9. The second-order valence-electron chi connectivity index (χ2n) is 10.9. The van der Waals surface area contributed by atoms with Crippen molar-refractivity contribution < 1.29 is 24.2 Å². The molecular formula is C29H40N4O5Si. The number of aromatic nitrogens is 3. The summed E-state index contributed by atoms with van der Waals surface area (Å²) in [6.45, 7) is 6.89. The zero-order valence-corrected chi connectivity index (χ0v) is 24.2. The van der Waals surface area contributed by atoms with Crippen molar-refractivity contribution in [2.45, 2.75) is 70.0 Å². The predicted octanol–water partition coefficient (Wildman–Crippen LogP) is 4.07. The minimum atomic E-state index is -2.47. The van der Waals surface area contributed by atoms with Gasteiger partial charge in [-0.3, -0.25) is 9.48 Å². The maximum absolute atomic E-state index is 12.7. The highest BCUT2D eigenvalue weighted by Crippen LogP contribution is 2.45. The fourth-order valence-electron chi connectivity index (χ4n) is 5.68. The van der Waals surface area contributed by atoms with Crippen molar-refractivity contribution >= 4 is 19.9 Å². The molecule has 4 rings (SSSR count). The summed E-state index contributed by atoms with van der Waals surface area (Å²) in [5.74, 6) is 0.777. The third-order valence-corrected chi connectivity index (χ3v) is 10.1. The number of ether oxygens (including phenoxy) is 2. The van der Waals surface area contributed by atoms with Crippen LogP contribution in [0, 0.1) is 5.92 Å². The van der Waals surface area contributed by atoms with Gasteiger partial charge < -0.3 is 24.7 Å². The van der Waals surface area contributed by atoms with E-state index in [4.69, 9.17) is 14.6 Å². The van der Waals surface area contributed by atoms with Crippen molar-refractivity contribution in [2.24, 2.45) is 5.92 Å². The molecule has 1 amide bonds. The zero-order valence-electron chi connectivity index (χ0n) is 23.2. The first-order valence-corrected chi connectivity index (χ1v) is 16.6. The summed E-state index contributed by atoms with van der Waals surface area (Å²) in [5.41, 5.74) is 3.34. The van der Waals surface area contributed by atoms with Crippen molar-refractivity contribution in [3.05, 3.63) is 71.5 Å². The normalized spacial score (nSPS) is 21.2. The summed E-state index contributed by atoms with van der Waals surface area (Å²) in [7, 11) is -0.874. The van der Waals surface area contributed by atoms with Gasteiger partial charge in [0.05, 0.1) is 25.0 Å². The molecule has 210 valence electrons. The predicted molar refractivity (Wildman–Crippen MR) is 152 cm³/mol. The third-order valence-electron chi connectivity index (χ3n) is 7.57. The average Bonchev–Trinajstić information content (AvgIpc) is 3.50. The summed E-state index contributed by atoms with van der Waals surface area (Å²) in [5, 5.41) is 20.4. The lowest BCUT2D eigenvalue weighted by Gasteiger charge is -2.30. The van der Waals surface area contributed by atoms with Crippen molar-refractivity contribution in [1.29, 1.82) is 0 Å². The molecule has 0 unspecified atom stereocenters. The van der Waals surface area contributed by atoms with Gasteiger partial charge in [0.15, 0.2) is 8.32 Å². The van der Waals surface area contributed by atoms with Crippen LogP contribution in [0.25, 0.3) is 0 Å². The number of nitrogens with one attached hydrogen (secondary N) is 1. The van der Waals surface area contributed by atoms with E-state index < -0.39 is 8.32 Å². The van der Waals surface area contributed by atoms with Crippen LogP contribution in [-0.4, -0.2) is 65.0 Å². The van der Waals surface area contributed by atoms with Gasteiger partial charge in [-0.25, -0.2) is 0 Å². The molecule has 9 nitrogen and oxygen atoms in total. The van der Waals surface area contributed by atoms with E-state index in [1.807, 2.05) is 37.5 Å². The molecule has 1 aliphatic heterocycles. The van der Waals surface area contributed by atoms with Crippen LogP contribution >= 0.6 is 0 Å². The molecule has 0 spiro atoms. The number of carbonyl (C=O) groups is 1. The van der Waals surface area contributed by atoms with Gasteiger partial charge in [0, 0.05) is 42.6 Å². The number of hydrogen-bond acceptors (Lipinski definition) is 7. The summed E-state index contributed by atoms with van der Waals surface area (Å²) >= 11 is 0. The first kappa shape index (κ1) is 28.9. The number of anilines is 1. The monoisotopic (exact) mass is 552 g/mol. The quantitative estimate of drug-likeness (QED) is 0.290. The fourth-order valence-corrected chi connectivity index (χ4v) is 8.33. The summed E-state index contributed by atoms with van der Waals surface area (Å²) < 4.78 is 13.5. The maximum Gasteiger partial charge on any atom is 0.255 e. The molecule has 1 saturated heterocycles. The number of benzene rings is 2. The van der Waals surface area contributed by atoms with E-state index in [1.54, 1.807) is 36.1 Å². The van der Waals surface area contributed by atoms with Gasteiger partial charge in [0.25, 0.3) is 5.91 Å². The minimum absolute atomic E-state index is 0.0390. The van der Waals surface area contributed by atoms with Crippen LogP contribution < -0.4 is 10.1 Å². The van der Waals surface area contributed by atoms with E-state index in [1.165, 1.54) is 0 Å². The lowest BCUT2D eigenvalue weighted by Crippen LogP contribution is -2.40. The molecule has 2 aromatic carbocycles. The van der Waals surface area contributed by atoms with Crippen molar-refractivity contribution in [3.8, 4) is 5.75 Å². The third kappa shape index (κ3) is 7.54. The molecule has 3 N–H and O–H groups in total. The topological polar surface area (TPSA) is 119 Å². The largest absolute Gasteiger partial charge is 0.497 e. The van der Waals surface area contributed by atoms with Crippen LogP contribution in [0.5, 0.6) is 5.75 Å². The van der Waals surface area contributed by atoms with Crippen LogP contribution in [0.3, 0.4) is 0 Å². The standard InChI is InChI=1S/C29H40N4O5Si/c1-20-26(38-27(28(20)39(3,4)36)14-16-33-19-24(15-17-34)31-32-33)13-8-21-6-5-7-23(18-21)30-29(35)22-9-11-25(37-2)12-10-22/h5-7,9-12,18-20,26-28,34,36H,8,13-17H2,1-4H3,(H,30,35)/t20-,26+,27-,28+/m0/s1. The fraction of sp³-hybridized carbons (Fsp3) is 0.483. The van der Waals surface area contributed by atoms with Crippen LogP contribution in [0.15, 0.2) is 54.7 Å². The molecule has 1 aromatic heterocycles. The Morgan fingerprint density at radius 1 is 1.13 bits per heavy atom. The number of hydrogen-bond donors (Lipinski definition) is 3. The highest BCUT2D eigenvalue weighted by atomic mass is 28.4. The Hall–Kier alpha value is -3.05. The molecule has 2 heterocycles. The highest BCUT2D eigenvalue weighted by Gasteiger charge is 2.49. The van der Waals surface area contributed by atoms with Crippen LogP contribution in [0.1, 0.15) is 41.4 Å². The Morgan fingerprint density at radius 2 is 1.90 bits per heavy atom. The van der Waals surface area contributed by atoms with E-state index in [0.717, 1.165) is 36.2 Å². The molecule has 10 heteroatoms. The zero-order chi connectivity index (χ0) is 28.0. The number of amides is 1. The van der Waals surface area contributed by atoms with Crippen LogP contribution in [-0.2, 0) is 24.1 Å². The number of aliphatic hydroxyl groups excluding tert-OH is 1. The van der Waals surface area contributed by atoms with Gasteiger partial charge in [-0.2, -0.15) is 0 Å². The second-order valence-corrected chi connectivity index (χ2v) is 14.9. The van der Waals surface area contributed by atoms with E-state index in [9.17, 15) is 9.59 Å². The van der Waals surface area contributed by atoms with Gasteiger partial charge >= 0.3 is 0 Å². The average molecular weight is 553 g/mol. The Bertz CT molecular complexity index is 1230. The Kier molecular flexibility index (Phi) is 9.55. The van der Waals surface area contributed by atoms with E-state index in [2.05, 4.69) is 28.6 Å². The Balaban J connectivity index is 1.36. The molecule has 1 aliphatic rings. The minimum Gasteiger partial charge on any atom is -0.497 e. The smallest absolute Gasteiger partial charge is 0.255 e. The molecule has 1 fully saturated rings. The molecule has 4 atom stereocenters. The van der Waals surface area contributed by atoms with Crippen molar-refractivity contribution in [1.82, 2.24) is 15.0 Å². The van der Waals surface area contributed by atoms with Crippen LogP contribution in [0.4, 0.5) is 5.69 Å². The van der Waals surface area contributed by atoms with Crippen LogP contribution in [0.2, 0.25) is 18.6 Å². The molecule has 0 radical (unpaired) electrons. The maximum atomic E-state index is 12.7. The lowest BCUT2D eigenvalue weighted by atomic mass is 9.95. The van der Waals surface area contributed by atoms with E-state index >= 15 is 0 Å². The van der Waals surface area contributed by atoms with E-state index in [-0.39, 0.29) is 36.2 Å². The molecule has 3 aromatic rings. The summed E-state index contributed by atoms with van der Waals surface area (Å²) in [4.78, 5) is 23.8. The highest BCUT2D eigenvalue weighted by molar-refractivity contribution is 6.71. The molecular weight excluding hydrogens is 512 g/mol. The summed E-state index contributed by atoms with van der Waals surface area (Å²) in [6.07, 6.45) is 4.74. The van der Waals surface area contributed by atoms with Crippen molar-refractivity contribution in [3.63, 3.8) is 0 Å². The van der Waals surface area contributed by atoms with E-state index in [0.29, 0.717) is 24.3 Å². The SMILES string of the molecule is COc1ccc(C(=O)Nc2cccc(CC[C@H]3O[C@@H](CCn4cc(CCO)nn4)[C@H]([Si](C)(C)O)[C@H]3C)c2)cc1. The number of nitrogens with zero attached hydrogens (tertiary/aromatic N) is 3. The number of carbonyl (C=O) groups excluding carboxylic acids is 1.